The third-order valence-corrected chi connectivity index (χ3v) is 6.78. The molecule has 1 saturated heterocycles. The van der Waals surface area contributed by atoms with Gasteiger partial charge in [-0.3, -0.25) is 15.0 Å². The van der Waals surface area contributed by atoms with Crippen molar-refractivity contribution in [3.05, 3.63) is 118 Å². The molecule has 1 aliphatic rings. The van der Waals surface area contributed by atoms with E-state index in [2.05, 4.69) is 44.5 Å². The molecule has 0 spiro atoms. The standard InChI is InChI=1S/C29H28N6O4/c1-39-29(36)23-14-8-9-15-24(23)32-27-26(35(37)38)28(31-20-30-27)34-18-16-33(17-19-34)25(21-10-4-2-5-11-21)22-12-6-3-7-13-22/h2-15,20,25H,16-19H2,1H3,(H,30,31,32). The Kier molecular flexibility index (Phi) is 7.74. The molecular formula is C29H28N6O4. The van der Waals surface area contributed by atoms with Crippen molar-refractivity contribution in [1.82, 2.24) is 14.9 Å². The zero-order chi connectivity index (χ0) is 27.2. The molecule has 1 aliphatic heterocycles. The lowest BCUT2D eigenvalue weighted by atomic mass is 9.96. The number of methoxy groups -OCH3 is 1. The van der Waals surface area contributed by atoms with Crippen molar-refractivity contribution < 1.29 is 14.5 Å². The lowest BCUT2D eigenvalue weighted by Crippen LogP contribution is -2.48. The predicted molar refractivity (Wildman–Crippen MR) is 148 cm³/mol. The van der Waals surface area contributed by atoms with Crippen LogP contribution < -0.4 is 10.2 Å². The Morgan fingerprint density at radius 1 is 0.897 bits per heavy atom. The molecule has 1 N–H and O–H groups in total. The first-order valence-corrected chi connectivity index (χ1v) is 12.6. The summed E-state index contributed by atoms with van der Waals surface area (Å²) in [5.41, 5.74) is 2.75. The van der Waals surface area contributed by atoms with Crippen LogP contribution in [0.3, 0.4) is 0 Å². The summed E-state index contributed by atoms with van der Waals surface area (Å²) in [6.45, 7) is 2.46. The molecule has 2 heterocycles. The summed E-state index contributed by atoms with van der Waals surface area (Å²) >= 11 is 0. The van der Waals surface area contributed by atoms with Gasteiger partial charge in [0.15, 0.2) is 0 Å². The van der Waals surface area contributed by atoms with Gasteiger partial charge in [-0.05, 0) is 23.3 Å². The number of ether oxygens (including phenoxy) is 1. The Morgan fingerprint density at radius 2 is 1.49 bits per heavy atom. The van der Waals surface area contributed by atoms with E-state index >= 15 is 0 Å². The maximum atomic E-state index is 12.2. The number of esters is 1. The Hall–Kier alpha value is -4.83. The summed E-state index contributed by atoms with van der Waals surface area (Å²) in [5.74, 6) is -0.309. The predicted octanol–water partition coefficient (Wildman–Crippen LogP) is 4.83. The number of carbonyl (C=O) groups is 1. The fraction of sp³-hybridized carbons (Fsp3) is 0.207. The SMILES string of the molecule is COC(=O)c1ccccc1Nc1ncnc(N2CCN(C(c3ccccc3)c3ccccc3)CC2)c1[N+](=O)[O-]. The Morgan fingerprint density at radius 3 is 2.08 bits per heavy atom. The molecule has 0 amide bonds. The molecule has 1 fully saturated rings. The van der Waals surface area contributed by atoms with Crippen molar-refractivity contribution in [2.24, 2.45) is 0 Å². The first-order chi connectivity index (χ1) is 19.1. The van der Waals surface area contributed by atoms with Gasteiger partial charge < -0.3 is 15.0 Å². The second-order valence-electron chi connectivity index (χ2n) is 9.06. The fourth-order valence-corrected chi connectivity index (χ4v) is 4.94. The van der Waals surface area contributed by atoms with Gasteiger partial charge in [0.2, 0.25) is 11.6 Å². The summed E-state index contributed by atoms with van der Waals surface area (Å²) < 4.78 is 4.85. The van der Waals surface area contributed by atoms with Crippen molar-refractivity contribution in [2.45, 2.75) is 6.04 Å². The van der Waals surface area contributed by atoms with Gasteiger partial charge in [0.25, 0.3) is 0 Å². The van der Waals surface area contributed by atoms with Gasteiger partial charge in [-0.25, -0.2) is 14.8 Å². The largest absolute Gasteiger partial charge is 0.465 e. The van der Waals surface area contributed by atoms with Crippen LogP contribution in [0, 0.1) is 10.1 Å². The highest BCUT2D eigenvalue weighted by molar-refractivity contribution is 5.96. The number of hydrogen-bond acceptors (Lipinski definition) is 9. The average molecular weight is 525 g/mol. The third kappa shape index (κ3) is 5.55. The van der Waals surface area contributed by atoms with Gasteiger partial charge >= 0.3 is 11.7 Å². The lowest BCUT2D eigenvalue weighted by molar-refractivity contribution is -0.383. The van der Waals surface area contributed by atoms with Crippen molar-refractivity contribution in [2.75, 3.05) is 43.5 Å². The summed E-state index contributed by atoms with van der Waals surface area (Å²) in [4.78, 5) is 36.7. The molecule has 0 radical (unpaired) electrons. The molecule has 39 heavy (non-hydrogen) atoms. The number of nitro groups is 1. The molecule has 10 nitrogen and oxygen atoms in total. The Balaban J connectivity index is 1.40. The number of nitrogens with one attached hydrogen (secondary N) is 1. The molecule has 0 aliphatic carbocycles. The van der Waals surface area contributed by atoms with E-state index in [0.717, 1.165) is 0 Å². The van der Waals surface area contributed by atoms with E-state index < -0.39 is 10.9 Å². The number of para-hydroxylation sites is 1. The number of aromatic nitrogens is 2. The molecular weight excluding hydrogens is 496 g/mol. The number of piperazine rings is 1. The quantitative estimate of drug-likeness (QED) is 0.197. The molecule has 4 aromatic rings. The van der Waals surface area contributed by atoms with Crippen molar-refractivity contribution >= 4 is 29.0 Å². The van der Waals surface area contributed by atoms with Gasteiger partial charge in [-0.1, -0.05) is 72.8 Å². The van der Waals surface area contributed by atoms with Crippen molar-refractivity contribution in [3.8, 4) is 0 Å². The van der Waals surface area contributed by atoms with Crippen LogP contribution in [0.2, 0.25) is 0 Å². The summed E-state index contributed by atoms with van der Waals surface area (Å²) in [5, 5.41) is 15.2. The van der Waals surface area contributed by atoms with Gasteiger partial charge in [0, 0.05) is 26.2 Å². The maximum Gasteiger partial charge on any atom is 0.353 e. The van der Waals surface area contributed by atoms with Crippen LogP contribution >= 0.6 is 0 Å². The van der Waals surface area contributed by atoms with Crippen LogP contribution in [-0.4, -0.2) is 59.0 Å². The average Bonchev–Trinajstić information content (AvgIpc) is 2.98. The smallest absolute Gasteiger partial charge is 0.353 e. The van der Waals surface area contributed by atoms with E-state index in [0.29, 0.717) is 31.9 Å². The van der Waals surface area contributed by atoms with E-state index in [-0.39, 0.29) is 28.9 Å². The zero-order valence-electron chi connectivity index (χ0n) is 21.4. The monoisotopic (exact) mass is 524 g/mol. The number of rotatable bonds is 8. The number of carbonyl (C=O) groups excluding carboxylic acids is 1. The molecule has 0 bridgehead atoms. The van der Waals surface area contributed by atoms with E-state index in [1.54, 1.807) is 24.3 Å². The topological polar surface area (TPSA) is 114 Å². The number of nitrogens with zero attached hydrogens (tertiary/aromatic N) is 5. The molecule has 0 unspecified atom stereocenters. The van der Waals surface area contributed by atoms with Crippen LogP contribution in [0.15, 0.2) is 91.3 Å². The second-order valence-corrected chi connectivity index (χ2v) is 9.06. The number of anilines is 3. The van der Waals surface area contributed by atoms with Gasteiger partial charge in [-0.15, -0.1) is 0 Å². The highest BCUT2D eigenvalue weighted by Crippen LogP contribution is 2.36. The lowest BCUT2D eigenvalue weighted by Gasteiger charge is -2.40. The molecule has 5 rings (SSSR count). The minimum absolute atomic E-state index is 0.00947. The first-order valence-electron chi connectivity index (χ1n) is 12.6. The van der Waals surface area contributed by atoms with E-state index in [1.807, 2.05) is 41.3 Å². The highest BCUT2D eigenvalue weighted by atomic mass is 16.6. The second kappa shape index (κ2) is 11.7. The molecule has 10 heteroatoms. The fourth-order valence-electron chi connectivity index (χ4n) is 4.94. The zero-order valence-corrected chi connectivity index (χ0v) is 21.4. The normalized spacial score (nSPS) is 13.7. The van der Waals surface area contributed by atoms with Gasteiger partial charge in [-0.2, -0.15) is 0 Å². The third-order valence-electron chi connectivity index (χ3n) is 6.78. The molecule has 0 saturated carbocycles. The van der Waals surface area contributed by atoms with E-state index in [9.17, 15) is 14.9 Å². The molecule has 198 valence electrons. The maximum absolute atomic E-state index is 12.2. The van der Waals surface area contributed by atoms with Gasteiger partial charge in [0.1, 0.15) is 6.33 Å². The summed E-state index contributed by atoms with van der Waals surface area (Å²) in [6, 6.07) is 27.4. The Labute approximate surface area is 226 Å². The summed E-state index contributed by atoms with van der Waals surface area (Å²) in [6.07, 6.45) is 1.30. The van der Waals surface area contributed by atoms with E-state index in [1.165, 1.54) is 24.6 Å². The van der Waals surface area contributed by atoms with Crippen LogP contribution in [0.5, 0.6) is 0 Å². The Bertz CT molecular complexity index is 1400. The van der Waals surface area contributed by atoms with E-state index in [4.69, 9.17) is 4.74 Å². The van der Waals surface area contributed by atoms with Gasteiger partial charge in [0.05, 0.1) is 29.3 Å². The summed E-state index contributed by atoms with van der Waals surface area (Å²) in [7, 11) is 1.28. The minimum atomic E-state index is -0.558. The molecule has 3 aromatic carbocycles. The molecule has 0 atom stereocenters. The highest BCUT2D eigenvalue weighted by Gasteiger charge is 2.32. The van der Waals surface area contributed by atoms with Crippen molar-refractivity contribution in [1.29, 1.82) is 0 Å². The minimum Gasteiger partial charge on any atom is -0.465 e. The van der Waals surface area contributed by atoms with Crippen LogP contribution in [0.4, 0.5) is 23.0 Å². The van der Waals surface area contributed by atoms with Crippen LogP contribution in [0.25, 0.3) is 0 Å². The van der Waals surface area contributed by atoms with Crippen LogP contribution in [0.1, 0.15) is 27.5 Å². The van der Waals surface area contributed by atoms with Crippen LogP contribution in [-0.2, 0) is 4.74 Å². The molecule has 1 aromatic heterocycles. The number of hydrogen-bond donors (Lipinski definition) is 1. The van der Waals surface area contributed by atoms with Crippen molar-refractivity contribution in [3.63, 3.8) is 0 Å². The first kappa shape index (κ1) is 25.8. The number of benzene rings is 3.